The molecular formula is C35H66N2O. The molecule has 38 heavy (non-hydrogen) atoms. The molecule has 0 spiro atoms. The Bertz CT molecular complexity index is 676. The van der Waals surface area contributed by atoms with Gasteiger partial charge < -0.3 is 10.6 Å². The molecule has 1 aliphatic heterocycles. The van der Waals surface area contributed by atoms with E-state index in [1.54, 1.807) is 12.2 Å². The van der Waals surface area contributed by atoms with Gasteiger partial charge in [-0.25, -0.2) is 0 Å². The van der Waals surface area contributed by atoms with E-state index < -0.39 is 0 Å². The van der Waals surface area contributed by atoms with Gasteiger partial charge in [0.15, 0.2) is 0 Å². The first-order valence-electron chi connectivity index (χ1n) is 15.4. The van der Waals surface area contributed by atoms with Gasteiger partial charge in [-0.15, -0.1) is 0 Å². The van der Waals surface area contributed by atoms with Crippen LogP contribution in [0, 0.1) is 17.8 Å². The summed E-state index contributed by atoms with van der Waals surface area (Å²) >= 11 is 0. The van der Waals surface area contributed by atoms with Crippen molar-refractivity contribution in [2.75, 3.05) is 13.1 Å². The quantitative estimate of drug-likeness (QED) is 0.206. The molecule has 1 saturated heterocycles. The smallest absolute Gasteiger partial charge is 0.227 e. The summed E-state index contributed by atoms with van der Waals surface area (Å²) in [6.45, 7) is 34.3. The molecule has 1 heterocycles. The van der Waals surface area contributed by atoms with Crippen LogP contribution in [0.2, 0.25) is 0 Å². The second-order valence-electron chi connectivity index (χ2n) is 8.46. The van der Waals surface area contributed by atoms with Crippen LogP contribution in [0.4, 0.5) is 0 Å². The van der Waals surface area contributed by atoms with E-state index in [4.69, 9.17) is 0 Å². The lowest BCUT2D eigenvalue weighted by Crippen LogP contribution is -2.33. The number of amides is 1. The average molecular weight is 531 g/mol. The third-order valence-corrected chi connectivity index (χ3v) is 5.92. The van der Waals surface area contributed by atoms with Crippen LogP contribution in [0.5, 0.6) is 0 Å². The van der Waals surface area contributed by atoms with Crippen molar-refractivity contribution in [2.45, 2.75) is 115 Å². The molecule has 0 bridgehead atoms. The monoisotopic (exact) mass is 531 g/mol. The van der Waals surface area contributed by atoms with Crippen molar-refractivity contribution in [3.05, 3.63) is 72.5 Å². The van der Waals surface area contributed by atoms with Gasteiger partial charge in [-0.1, -0.05) is 137 Å². The highest BCUT2D eigenvalue weighted by atomic mass is 16.1. The Morgan fingerprint density at radius 3 is 1.89 bits per heavy atom. The Labute approximate surface area is 239 Å². The number of carbonyl (C=O) groups is 1. The standard InChI is InChI=1S/C26H40N2O.C3H8.3C2H6/c1-7-11-12-14-22(9-3)20(5)21(6)26(29)28-25(13-8-2)19-23(10-4)24-15-17-27-18-16-24;1-3-2;3*1-2/h7-9,11-13,19-21,24,27H,1-2,10,14-18H2,3-6H3,(H,28,29);3H2,1-2H3;3*1-2H3/b12-11?,22-9+,23-19+,25-13+;;;;. The number of rotatable bonds is 11. The molecule has 2 atom stereocenters. The lowest BCUT2D eigenvalue weighted by Gasteiger charge is -2.26. The summed E-state index contributed by atoms with van der Waals surface area (Å²) in [6.07, 6.45) is 19.1. The van der Waals surface area contributed by atoms with E-state index in [-0.39, 0.29) is 17.7 Å². The van der Waals surface area contributed by atoms with Crippen LogP contribution in [0.25, 0.3) is 0 Å². The minimum atomic E-state index is -0.121. The van der Waals surface area contributed by atoms with E-state index >= 15 is 0 Å². The summed E-state index contributed by atoms with van der Waals surface area (Å²) in [5, 5.41) is 6.57. The zero-order valence-electron chi connectivity index (χ0n) is 27.5. The number of carbonyl (C=O) groups excluding carboxylic acids is 1. The van der Waals surface area contributed by atoms with Crippen LogP contribution in [-0.2, 0) is 4.79 Å². The lowest BCUT2D eigenvalue weighted by molar-refractivity contribution is -0.124. The molecule has 2 unspecified atom stereocenters. The number of piperidine rings is 1. The van der Waals surface area contributed by atoms with Crippen molar-refractivity contribution in [1.82, 2.24) is 10.6 Å². The van der Waals surface area contributed by atoms with E-state index in [2.05, 4.69) is 69.7 Å². The van der Waals surface area contributed by atoms with E-state index in [1.807, 2.05) is 67.5 Å². The first-order chi connectivity index (χ1) is 18.4. The van der Waals surface area contributed by atoms with Crippen LogP contribution < -0.4 is 10.6 Å². The number of allylic oxidation sites excluding steroid dienone is 9. The normalized spacial score (nSPS) is 15.5. The van der Waals surface area contributed by atoms with Crippen molar-refractivity contribution in [2.24, 2.45) is 17.8 Å². The third-order valence-electron chi connectivity index (χ3n) is 5.92. The summed E-state index contributed by atoms with van der Waals surface area (Å²) in [6, 6.07) is 0. The Balaban J connectivity index is -0.000000572. The first kappa shape index (κ1) is 42.9. The minimum absolute atomic E-state index is 0.0506. The molecule has 0 saturated carbocycles. The number of nitrogens with one attached hydrogen (secondary N) is 2. The van der Waals surface area contributed by atoms with Crippen molar-refractivity contribution in [3.8, 4) is 0 Å². The summed E-state index contributed by atoms with van der Waals surface area (Å²) < 4.78 is 0. The second-order valence-corrected chi connectivity index (χ2v) is 8.46. The highest BCUT2D eigenvalue weighted by Gasteiger charge is 2.23. The van der Waals surface area contributed by atoms with Gasteiger partial charge in [0.05, 0.1) is 0 Å². The van der Waals surface area contributed by atoms with E-state index in [0.29, 0.717) is 5.92 Å². The largest absolute Gasteiger partial charge is 0.326 e. The van der Waals surface area contributed by atoms with Gasteiger partial charge in [0.25, 0.3) is 0 Å². The fourth-order valence-corrected chi connectivity index (χ4v) is 3.83. The molecule has 0 radical (unpaired) electrons. The van der Waals surface area contributed by atoms with Crippen molar-refractivity contribution in [1.29, 1.82) is 0 Å². The van der Waals surface area contributed by atoms with Gasteiger partial charge in [-0.3, -0.25) is 4.79 Å². The molecule has 222 valence electrons. The Morgan fingerprint density at radius 2 is 1.47 bits per heavy atom. The fraction of sp³-hybridized carbons (Fsp3) is 0.629. The molecule has 1 aliphatic rings. The Morgan fingerprint density at radius 1 is 0.947 bits per heavy atom. The van der Waals surface area contributed by atoms with E-state index in [9.17, 15) is 4.79 Å². The predicted molar refractivity (Wildman–Crippen MR) is 176 cm³/mol. The van der Waals surface area contributed by atoms with Crippen molar-refractivity contribution >= 4 is 5.91 Å². The zero-order valence-corrected chi connectivity index (χ0v) is 27.5. The first-order valence-corrected chi connectivity index (χ1v) is 15.4. The average Bonchev–Trinajstić information content (AvgIpc) is 2.97. The molecule has 0 aromatic heterocycles. The van der Waals surface area contributed by atoms with Crippen molar-refractivity contribution < 1.29 is 4.79 Å². The lowest BCUT2D eigenvalue weighted by atomic mass is 9.85. The summed E-state index contributed by atoms with van der Waals surface area (Å²) in [4.78, 5) is 13.0. The van der Waals surface area contributed by atoms with Crippen LogP contribution in [0.15, 0.2) is 72.5 Å². The predicted octanol–water partition coefficient (Wildman–Crippen LogP) is 10.4. The molecule has 1 fully saturated rings. The van der Waals surface area contributed by atoms with E-state index in [1.165, 1.54) is 17.6 Å². The Hall–Kier alpha value is -2.13. The summed E-state index contributed by atoms with van der Waals surface area (Å²) in [5.41, 5.74) is 3.51. The van der Waals surface area contributed by atoms with Gasteiger partial charge in [0.2, 0.25) is 5.91 Å². The Kier molecular flexibility index (Phi) is 37.2. The molecular weight excluding hydrogens is 464 g/mol. The fourth-order valence-electron chi connectivity index (χ4n) is 3.83. The molecule has 0 aliphatic carbocycles. The van der Waals surface area contributed by atoms with Gasteiger partial charge in [-0.05, 0) is 69.7 Å². The third kappa shape index (κ3) is 20.9. The maximum atomic E-state index is 13.0. The van der Waals surface area contributed by atoms with Gasteiger partial charge >= 0.3 is 0 Å². The summed E-state index contributed by atoms with van der Waals surface area (Å²) in [5.74, 6) is 0.686. The molecule has 0 aromatic rings. The topological polar surface area (TPSA) is 41.1 Å². The zero-order chi connectivity index (χ0) is 30.4. The second kappa shape index (κ2) is 32.9. The minimum Gasteiger partial charge on any atom is -0.326 e. The van der Waals surface area contributed by atoms with Crippen LogP contribution >= 0.6 is 0 Å². The van der Waals surface area contributed by atoms with Crippen LogP contribution in [0.3, 0.4) is 0 Å². The number of hydrogen-bond acceptors (Lipinski definition) is 2. The molecule has 1 rings (SSSR count). The van der Waals surface area contributed by atoms with Gasteiger partial charge in [0.1, 0.15) is 0 Å². The molecule has 3 heteroatoms. The molecule has 3 nitrogen and oxygen atoms in total. The van der Waals surface area contributed by atoms with Crippen LogP contribution in [0.1, 0.15) is 115 Å². The van der Waals surface area contributed by atoms with E-state index in [0.717, 1.165) is 44.5 Å². The van der Waals surface area contributed by atoms with Gasteiger partial charge in [-0.2, -0.15) is 0 Å². The highest BCUT2D eigenvalue weighted by molar-refractivity contribution is 5.81. The maximum Gasteiger partial charge on any atom is 0.227 e. The number of hydrogen-bond donors (Lipinski definition) is 2. The van der Waals surface area contributed by atoms with Gasteiger partial charge in [0, 0.05) is 11.6 Å². The van der Waals surface area contributed by atoms with Crippen molar-refractivity contribution in [3.63, 3.8) is 0 Å². The molecule has 1 amide bonds. The maximum absolute atomic E-state index is 13.0. The SMILES string of the molecule is C=CC=CC/C(=C\C)C(C)C(C)C(=O)NC(=C/C=C)/C=C(\CC)C1CCNCC1.CC.CC.CC.CCC. The summed E-state index contributed by atoms with van der Waals surface area (Å²) in [7, 11) is 0. The molecule has 2 N–H and O–H groups in total. The highest BCUT2D eigenvalue weighted by Crippen LogP contribution is 2.26. The molecule has 0 aromatic carbocycles. The van der Waals surface area contributed by atoms with Crippen LogP contribution in [-0.4, -0.2) is 19.0 Å².